The van der Waals surface area contributed by atoms with Crippen molar-refractivity contribution in [2.45, 2.75) is 31.9 Å². The highest BCUT2D eigenvalue weighted by Gasteiger charge is 2.24. The predicted octanol–water partition coefficient (Wildman–Crippen LogP) is 2.81. The zero-order valence-corrected chi connectivity index (χ0v) is 11.4. The van der Waals surface area contributed by atoms with Crippen molar-refractivity contribution in [3.8, 4) is 0 Å². The topological polar surface area (TPSA) is 38.3 Å². The van der Waals surface area contributed by atoms with Gasteiger partial charge in [-0.2, -0.15) is 0 Å². The monoisotopic (exact) mass is 303 g/mol. The first-order valence-electron chi connectivity index (χ1n) is 5.34. The largest absolute Gasteiger partial charge is 0.376 e. The van der Waals surface area contributed by atoms with Gasteiger partial charge in [-0.3, -0.25) is 4.79 Å². The molecule has 1 aliphatic rings. The van der Waals surface area contributed by atoms with E-state index in [1.807, 2.05) is 19.1 Å². The summed E-state index contributed by atoms with van der Waals surface area (Å²) in [6.07, 6.45) is 2.30. The molecule has 0 radical (unpaired) electrons. The summed E-state index contributed by atoms with van der Waals surface area (Å²) in [5.41, 5.74) is 0. The van der Waals surface area contributed by atoms with Crippen LogP contribution in [0.4, 0.5) is 0 Å². The molecule has 88 valence electrons. The normalized spacial score (nSPS) is 22.0. The van der Waals surface area contributed by atoms with Crippen molar-refractivity contribution in [1.82, 2.24) is 5.32 Å². The second-order valence-electron chi connectivity index (χ2n) is 3.92. The fourth-order valence-corrected chi connectivity index (χ4v) is 3.09. The highest BCUT2D eigenvalue weighted by molar-refractivity contribution is 9.11. The summed E-state index contributed by atoms with van der Waals surface area (Å²) < 4.78 is 6.51. The molecule has 2 rings (SSSR count). The number of rotatable bonds is 3. The number of nitrogens with one attached hydrogen (secondary N) is 1. The number of ether oxygens (including phenoxy) is 1. The van der Waals surface area contributed by atoms with Gasteiger partial charge in [-0.25, -0.2) is 0 Å². The summed E-state index contributed by atoms with van der Waals surface area (Å²) in [5, 5.41) is 2.98. The quantitative estimate of drug-likeness (QED) is 0.932. The molecule has 1 saturated heterocycles. The van der Waals surface area contributed by atoms with E-state index in [1.165, 1.54) is 11.3 Å². The SMILES string of the molecule is C[C@H](NC(=O)c1ccc(Br)s1)[C@@H]1CCCO1. The van der Waals surface area contributed by atoms with Gasteiger partial charge >= 0.3 is 0 Å². The summed E-state index contributed by atoms with van der Waals surface area (Å²) in [5.74, 6) is -0.0151. The van der Waals surface area contributed by atoms with Crippen LogP contribution in [0.5, 0.6) is 0 Å². The van der Waals surface area contributed by atoms with Crippen LogP contribution in [-0.2, 0) is 4.74 Å². The molecule has 0 aliphatic carbocycles. The summed E-state index contributed by atoms with van der Waals surface area (Å²) in [4.78, 5) is 12.6. The van der Waals surface area contributed by atoms with E-state index in [4.69, 9.17) is 4.74 Å². The summed E-state index contributed by atoms with van der Waals surface area (Å²) in [7, 11) is 0. The Morgan fingerprint density at radius 3 is 3.06 bits per heavy atom. The van der Waals surface area contributed by atoms with E-state index >= 15 is 0 Å². The van der Waals surface area contributed by atoms with Crippen molar-refractivity contribution in [2.75, 3.05) is 6.61 Å². The molecule has 0 spiro atoms. The second-order valence-corrected chi connectivity index (χ2v) is 6.38. The average Bonchev–Trinajstić information content (AvgIpc) is 2.87. The van der Waals surface area contributed by atoms with E-state index in [0.29, 0.717) is 0 Å². The number of carbonyl (C=O) groups is 1. The van der Waals surface area contributed by atoms with Gasteiger partial charge in [0.15, 0.2) is 0 Å². The van der Waals surface area contributed by atoms with Gasteiger partial charge in [-0.15, -0.1) is 11.3 Å². The van der Waals surface area contributed by atoms with Crippen LogP contribution in [0.1, 0.15) is 29.4 Å². The summed E-state index contributed by atoms with van der Waals surface area (Å²) in [6, 6.07) is 3.79. The first-order valence-corrected chi connectivity index (χ1v) is 6.95. The van der Waals surface area contributed by atoms with Crippen molar-refractivity contribution in [3.05, 3.63) is 20.8 Å². The second kappa shape index (κ2) is 5.29. The minimum Gasteiger partial charge on any atom is -0.376 e. The molecule has 1 aliphatic heterocycles. The van der Waals surface area contributed by atoms with Gasteiger partial charge in [-0.05, 0) is 47.8 Å². The smallest absolute Gasteiger partial charge is 0.261 e. The van der Waals surface area contributed by atoms with Gasteiger partial charge in [0.25, 0.3) is 5.91 Å². The Bertz CT molecular complexity index is 374. The van der Waals surface area contributed by atoms with E-state index in [9.17, 15) is 4.79 Å². The first kappa shape index (κ1) is 12.1. The molecule has 2 atom stereocenters. The van der Waals surface area contributed by atoms with E-state index in [-0.39, 0.29) is 18.1 Å². The number of amides is 1. The third-order valence-electron chi connectivity index (χ3n) is 2.68. The molecule has 16 heavy (non-hydrogen) atoms. The lowest BCUT2D eigenvalue weighted by molar-refractivity contribution is 0.0714. The fraction of sp³-hybridized carbons (Fsp3) is 0.545. The van der Waals surface area contributed by atoms with Crippen LogP contribution in [0.3, 0.4) is 0 Å². The predicted molar refractivity (Wildman–Crippen MR) is 67.9 cm³/mol. The van der Waals surface area contributed by atoms with Gasteiger partial charge in [0.2, 0.25) is 0 Å². The third kappa shape index (κ3) is 2.84. The maximum atomic E-state index is 11.8. The molecular weight excluding hydrogens is 290 g/mol. The molecule has 0 aromatic carbocycles. The molecular formula is C11H14BrNO2S. The molecule has 2 heterocycles. The first-order chi connectivity index (χ1) is 7.66. The van der Waals surface area contributed by atoms with E-state index in [1.54, 1.807) is 0 Å². The molecule has 0 saturated carbocycles. The molecule has 0 bridgehead atoms. The fourth-order valence-electron chi connectivity index (χ4n) is 1.80. The van der Waals surface area contributed by atoms with Crippen LogP contribution >= 0.6 is 27.3 Å². The lowest BCUT2D eigenvalue weighted by Gasteiger charge is -2.19. The zero-order valence-electron chi connectivity index (χ0n) is 9.03. The molecule has 1 amide bonds. The standard InChI is InChI=1S/C11H14BrNO2S/c1-7(8-3-2-6-15-8)13-11(14)9-4-5-10(12)16-9/h4-5,7-8H,2-3,6H2,1H3,(H,13,14)/t7-,8-/m0/s1. The van der Waals surface area contributed by atoms with Crippen LogP contribution in [-0.4, -0.2) is 24.7 Å². The van der Waals surface area contributed by atoms with Crippen LogP contribution < -0.4 is 5.32 Å². The van der Waals surface area contributed by atoms with Crippen molar-refractivity contribution >= 4 is 33.2 Å². The lowest BCUT2D eigenvalue weighted by atomic mass is 10.1. The maximum absolute atomic E-state index is 11.8. The van der Waals surface area contributed by atoms with E-state index in [2.05, 4.69) is 21.2 Å². The Labute approximate surface area is 107 Å². The van der Waals surface area contributed by atoms with Gasteiger partial charge in [-0.1, -0.05) is 0 Å². The molecule has 5 heteroatoms. The Kier molecular flexibility index (Phi) is 4.00. The van der Waals surface area contributed by atoms with Crippen LogP contribution in [0.25, 0.3) is 0 Å². The van der Waals surface area contributed by atoms with E-state index < -0.39 is 0 Å². The number of hydrogen-bond acceptors (Lipinski definition) is 3. The summed E-state index contributed by atoms with van der Waals surface area (Å²) in [6.45, 7) is 2.81. The Morgan fingerprint density at radius 1 is 1.69 bits per heavy atom. The maximum Gasteiger partial charge on any atom is 0.261 e. The van der Waals surface area contributed by atoms with E-state index in [0.717, 1.165) is 28.1 Å². The number of carbonyl (C=O) groups excluding carboxylic acids is 1. The van der Waals surface area contributed by atoms with Crippen molar-refractivity contribution < 1.29 is 9.53 Å². The molecule has 1 aromatic rings. The number of halogens is 1. The molecule has 1 aromatic heterocycles. The van der Waals surface area contributed by atoms with Crippen LogP contribution in [0.15, 0.2) is 15.9 Å². The van der Waals surface area contributed by atoms with Gasteiger partial charge in [0, 0.05) is 6.61 Å². The van der Waals surface area contributed by atoms with Gasteiger partial charge < -0.3 is 10.1 Å². The Morgan fingerprint density at radius 2 is 2.50 bits per heavy atom. The zero-order chi connectivity index (χ0) is 11.5. The Hall–Kier alpha value is -0.390. The number of hydrogen-bond donors (Lipinski definition) is 1. The lowest BCUT2D eigenvalue weighted by Crippen LogP contribution is -2.40. The van der Waals surface area contributed by atoms with Gasteiger partial charge in [0.05, 0.1) is 20.8 Å². The Balaban J connectivity index is 1.91. The third-order valence-corrected chi connectivity index (χ3v) is 4.30. The molecule has 1 N–H and O–H groups in total. The highest BCUT2D eigenvalue weighted by Crippen LogP contribution is 2.22. The van der Waals surface area contributed by atoms with Crippen LogP contribution in [0.2, 0.25) is 0 Å². The van der Waals surface area contributed by atoms with Gasteiger partial charge in [0.1, 0.15) is 0 Å². The average molecular weight is 304 g/mol. The summed E-state index contributed by atoms with van der Waals surface area (Å²) >= 11 is 4.79. The van der Waals surface area contributed by atoms with Crippen molar-refractivity contribution in [3.63, 3.8) is 0 Å². The minimum atomic E-state index is -0.0151. The molecule has 3 nitrogen and oxygen atoms in total. The highest BCUT2D eigenvalue weighted by atomic mass is 79.9. The number of thiophene rings is 1. The minimum absolute atomic E-state index is 0.0151. The van der Waals surface area contributed by atoms with Crippen molar-refractivity contribution in [2.24, 2.45) is 0 Å². The van der Waals surface area contributed by atoms with Crippen LogP contribution in [0, 0.1) is 0 Å². The molecule has 0 unspecified atom stereocenters. The van der Waals surface area contributed by atoms with Crippen molar-refractivity contribution in [1.29, 1.82) is 0 Å². The molecule has 1 fully saturated rings.